The Hall–Kier alpha value is -0.530. The lowest BCUT2D eigenvalue weighted by Gasteiger charge is -2.40. The Morgan fingerprint density at radius 2 is 1.89 bits per heavy atom. The molecule has 1 aliphatic heterocycles. The van der Waals surface area contributed by atoms with Gasteiger partial charge in [0.1, 0.15) is 24.4 Å². The highest BCUT2D eigenvalue weighted by atomic mass is 16.5. The lowest BCUT2D eigenvalue weighted by Crippen LogP contribution is -2.61. The molecule has 0 spiro atoms. The number of likely N-dealkylation sites (N-methyl/N-ethyl adjacent to an activating group) is 1. The maximum atomic E-state index is 12.1. The normalized spacial score (nSPS) is 39.9. The molecule has 6 nitrogen and oxygen atoms in total. The second-order valence-electron chi connectivity index (χ2n) is 5.59. The molecule has 5 atom stereocenters. The standard InChI is InChI=1S/C13H23NO5/c1-14-6-9-10(16)11(17)12(18)13(19-9)8(15)5-7-3-2-4-7/h7,9-14,16-18H,2-6H2,1H3. The number of Topliss-reactive ketones (excluding diaryl/α,β-unsaturated/α-hetero) is 1. The Morgan fingerprint density at radius 1 is 1.21 bits per heavy atom. The molecule has 2 aliphatic rings. The molecule has 0 bridgehead atoms. The maximum absolute atomic E-state index is 12.1. The van der Waals surface area contributed by atoms with Gasteiger partial charge in [-0.1, -0.05) is 19.3 Å². The third-order valence-electron chi connectivity index (χ3n) is 4.15. The Labute approximate surface area is 112 Å². The summed E-state index contributed by atoms with van der Waals surface area (Å²) in [5.74, 6) is 0.208. The number of ketones is 1. The summed E-state index contributed by atoms with van der Waals surface area (Å²) in [6.07, 6.45) is -1.98. The van der Waals surface area contributed by atoms with E-state index in [0.717, 1.165) is 19.3 Å². The van der Waals surface area contributed by atoms with Crippen LogP contribution in [0.15, 0.2) is 0 Å². The fourth-order valence-electron chi connectivity index (χ4n) is 2.68. The van der Waals surface area contributed by atoms with E-state index in [1.807, 2.05) is 0 Å². The third kappa shape index (κ3) is 3.14. The Kier molecular flexibility index (Phi) is 4.92. The number of carbonyl (C=O) groups is 1. The van der Waals surface area contributed by atoms with Crippen LogP contribution < -0.4 is 5.32 Å². The van der Waals surface area contributed by atoms with E-state index >= 15 is 0 Å². The van der Waals surface area contributed by atoms with Crippen molar-refractivity contribution in [3.63, 3.8) is 0 Å². The van der Waals surface area contributed by atoms with E-state index in [2.05, 4.69) is 5.32 Å². The van der Waals surface area contributed by atoms with Crippen molar-refractivity contribution in [3.05, 3.63) is 0 Å². The monoisotopic (exact) mass is 273 g/mol. The van der Waals surface area contributed by atoms with Crippen LogP contribution in [0.5, 0.6) is 0 Å². The smallest absolute Gasteiger partial charge is 0.164 e. The molecule has 0 radical (unpaired) electrons. The summed E-state index contributed by atoms with van der Waals surface area (Å²) in [6.45, 7) is 0.318. The summed E-state index contributed by atoms with van der Waals surface area (Å²) in [4.78, 5) is 12.1. The van der Waals surface area contributed by atoms with E-state index in [-0.39, 0.29) is 5.78 Å². The second-order valence-corrected chi connectivity index (χ2v) is 5.59. The molecule has 1 heterocycles. The van der Waals surface area contributed by atoms with Crippen molar-refractivity contribution in [3.8, 4) is 0 Å². The van der Waals surface area contributed by atoms with Crippen LogP contribution in [0.25, 0.3) is 0 Å². The zero-order valence-corrected chi connectivity index (χ0v) is 11.2. The molecular weight excluding hydrogens is 250 g/mol. The van der Waals surface area contributed by atoms with Crippen LogP contribution in [0.4, 0.5) is 0 Å². The molecule has 0 aromatic heterocycles. The van der Waals surface area contributed by atoms with Gasteiger partial charge in [0.2, 0.25) is 0 Å². The number of hydrogen-bond acceptors (Lipinski definition) is 6. The molecule has 4 N–H and O–H groups in total. The minimum absolute atomic E-state index is 0.177. The lowest BCUT2D eigenvalue weighted by atomic mass is 9.80. The SMILES string of the molecule is CNCC1OC(C(=O)CC2CCC2)C(O)C(O)C1O. The number of aliphatic hydroxyl groups is 3. The van der Waals surface area contributed by atoms with Crippen LogP contribution in [-0.2, 0) is 9.53 Å². The minimum Gasteiger partial charge on any atom is -0.388 e. The highest BCUT2D eigenvalue weighted by Gasteiger charge is 2.46. The summed E-state index contributed by atoms with van der Waals surface area (Å²) in [6, 6.07) is 0. The largest absolute Gasteiger partial charge is 0.388 e. The fraction of sp³-hybridized carbons (Fsp3) is 0.923. The first-order valence-electron chi connectivity index (χ1n) is 6.91. The predicted octanol–water partition coefficient (Wildman–Crippen LogP) is -1.18. The van der Waals surface area contributed by atoms with Crippen molar-refractivity contribution in [1.29, 1.82) is 0 Å². The number of nitrogens with one attached hydrogen (secondary N) is 1. The molecule has 5 unspecified atom stereocenters. The number of hydrogen-bond donors (Lipinski definition) is 4. The highest BCUT2D eigenvalue weighted by Crippen LogP contribution is 2.31. The summed E-state index contributed by atoms with van der Waals surface area (Å²) in [5.41, 5.74) is 0. The zero-order chi connectivity index (χ0) is 14.0. The molecule has 6 heteroatoms. The van der Waals surface area contributed by atoms with Crippen molar-refractivity contribution in [1.82, 2.24) is 5.32 Å². The van der Waals surface area contributed by atoms with Crippen molar-refractivity contribution >= 4 is 5.78 Å². The van der Waals surface area contributed by atoms with Gasteiger partial charge < -0.3 is 25.4 Å². The van der Waals surface area contributed by atoms with Gasteiger partial charge in [0.05, 0.1) is 6.10 Å². The highest BCUT2D eigenvalue weighted by molar-refractivity contribution is 5.84. The Balaban J connectivity index is 1.98. The lowest BCUT2D eigenvalue weighted by molar-refractivity contribution is -0.218. The maximum Gasteiger partial charge on any atom is 0.164 e. The van der Waals surface area contributed by atoms with Crippen LogP contribution in [0, 0.1) is 5.92 Å². The quantitative estimate of drug-likeness (QED) is 0.503. The van der Waals surface area contributed by atoms with Crippen LogP contribution in [0.1, 0.15) is 25.7 Å². The van der Waals surface area contributed by atoms with Crippen LogP contribution >= 0.6 is 0 Å². The molecule has 0 aromatic carbocycles. The average molecular weight is 273 g/mol. The van der Waals surface area contributed by atoms with Crippen molar-refractivity contribution in [2.24, 2.45) is 5.92 Å². The third-order valence-corrected chi connectivity index (χ3v) is 4.15. The minimum atomic E-state index is -1.35. The molecule has 1 saturated carbocycles. The number of aliphatic hydroxyl groups excluding tert-OH is 3. The van der Waals surface area contributed by atoms with Gasteiger partial charge in [0.15, 0.2) is 5.78 Å². The van der Waals surface area contributed by atoms with Crippen molar-refractivity contribution in [2.45, 2.75) is 56.2 Å². The first kappa shape index (κ1) is 14.9. The number of rotatable bonds is 5. The van der Waals surface area contributed by atoms with E-state index in [1.54, 1.807) is 7.05 Å². The molecule has 2 fully saturated rings. The number of carbonyl (C=O) groups excluding carboxylic acids is 1. The summed E-state index contributed by atoms with van der Waals surface area (Å²) in [5, 5.41) is 32.3. The summed E-state index contributed by atoms with van der Waals surface area (Å²) in [7, 11) is 1.69. The van der Waals surface area contributed by atoms with Crippen molar-refractivity contribution < 1.29 is 24.9 Å². The van der Waals surface area contributed by atoms with E-state index in [0.29, 0.717) is 18.9 Å². The number of ether oxygens (including phenoxy) is 1. The average Bonchev–Trinajstić information content (AvgIpc) is 2.34. The molecule has 110 valence electrons. The molecule has 19 heavy (non-hydrogen) atoms. The second kappa shape index (κ2) is 6.28. The van der Waals surface area contributed by atoms with E-state index in [9.17, 15) is 20.1 Å². The van der Waals surface area contributed by atoms with Gasteiger partial charge in [-0.2, -0.15) is 0 Å². The van der Waals surface area contributed by atoms with Crippen molar-refractivity contribution in [2.75, 3.05) is 13.6 Å². The first-order valence-corrected chi connectivity index (χ1v) is 6.91. The fourth-order valence-corrected chi connectivity index (χ4v) is 2.68. The molecule has 0 aromatic rings. The van der Waals surface area contributed by atoms with Gasteiger partial charge in [0, 0.05) is 13.0 Å². The Bertz CT molecular complexity index is 320. The summed E-state index contributed by atoms with van der Waals surface area (Å²) >= 11 is 0. The van der Waals surface area contributed by atoms with Gasteiger partial charge in [0.25, 0.3) is 0 Å². The van der Waals surface area contributed by atoms with E-state index in [4.69, 9.17) is 4.74 Å². The van der Waals surface area contributed by atoms with Gasteiger partial charge in [-0.3, -0.25) is 4.79 Å². The molecule has 2 rings (SSSR count). The van der Waals surface area contributed by atoms with E-state index < -0.39 is 30.5 Å². The zero-order valence-electron chi connectivity index (χ0n) is 11.2. The molecule has 1 aliphatic carbocycles. The van der Waals surface area contributed by atoms with Gasteiger partial charge in [-0.05, 0) is 13.0 Å². The molecular formula is C13H23NO5. The Morgan fingerprint density at radius 3 is 2.42 bits per heavy atom. The predicted molar refractivity (Wildman–Crippen MR) is 67.6 cm³/mol. The summed E-state index contributed by atoms with van der Waals surface area (Å²) < 4.78 is 5.48. The molecule has 1 saturated heterocycles. The first-order chi connectivity index (χ1) is 9.04. The van der Waals surface area contributed by atoms with Gasteiger partial charge in [-0.15, -0.1) is 0 Å². The van der Waals surface area contributed by atoms with Crippen LogP contribution in [-0.4, -0.2) is 65.2 Å². The molecule has 0 amide bonds. The van der Waals surface area contributed by atoms with Crippen LogP contribution in [0.2, 0.25) is 0 Å². The van der Waals surface area contributed by atoms with Crippen LogP contribution in [0.3, 0.4) is 0 Å². The van der Waals surface area contributed by atoms with Gasteiger partial charge >= 0.3 is 0 Å². The van der Waals surface area contributed by atoms with Gasteiger partial charge in [-0.25, -0.2) is 0 Å². The topological polar surface area (TPSA) is 99.0 Å². The van der Waals surface area contributed by atoms with E-state index in [1.165, 1.54) is 0 Å².